The molecule has 0 radical (unpaired) electrons. The van der Waals surface area contributed by atoms with E-state index in [4.69, 9.17) is 0 Å². The molecule has 0 aromatic heterocycles. The lowest BCUT2D eigenvalue weighted by molar-refractivity contribution is -0.124. The van der Waals surface area contributed by atoms with Crippen molar-refractivity contribution in [2.45, 2.75) is 59.8 Å². The van der Waals surface area contributed by atoms with E-state index in [1.165, 1.54) is 5.56 Å². The third-order valence-corrected chi connectivity index (χ3v) is 4.70. The standard InChI is InChI=1S/C24H31N3O2/c1-16-13-17(2)23(18(3)14-16)26-21(28)11-12-22(29)27-25-15-19-7-9-20(10-8-19)24(4,5)6/h7-10,13-15H,11-12H2,1-6H3,(H,26,28)(H,27,29)/b25-15-. The normalized spacial score (nSPS) is 11.5. The van der Waals surface area contributed by atoms with Crippen molar-refractivity contribution in [3.8, 4) is 0 Å². The molecular formula is C24H31N3O2. The van der Waals surface area contributed by atoms with E-state index in [1.807, 2.05) is 45.0 Å². The van der Waals surface area contributed by atoms with Crippen LogP contribution in [0.25, 0.3) is 0 Å². The van der Waals surface area contributed by atoms with Gasteiger partial charge in [0.05, 0.1) is 6.21 Å². The first-order valence-electron chi connectivity index (χ1n) is 9.86. The lowest BCUT2D eigenvalue weighted by Crippen LogP contribution is -2.21. The van der Waals surface area contributed by atoms with Crippen LogP contribution in [0.5, 0.6) is 0 Å². The number of aryl methyl sites for hydroxylation is 3. The second-order valence-corrected chi connectivity index (χ2v) is 8.49. The number of hydrogen-bond donors (Lipinski definition) is 2. The van der Waals surface area contributed by atoms with Gasteiger partial charge in [0.25, 0.3) is 0 Å². The first-order chi connectivity index (χ1) is 13.6. The number of benzene rings is 2. The van der Waals surface area contributed by atoms with Crippen LogP contribution in [0.3, 0.4) is 0 Å². The second-order valence-electron chi connectivity index (χ2n) is 8.49. The Hall–Kier alpha value is -2.95. The monoisotopic (exact) mass is 393 g/mol. The Morgan fingerprint density at radius 1 is 0.931 bits per heavy atom. The van der Waals surface area contributed by atoms with Gasteiger partial charge in [-0.05, 0) is 48.4 Å². The van der Waals surface area contributed by atoms with Crippen molar-refractivity contribution in [1.29, 1.82) is 0 Å². The highest BCUT2D eigenvalue weighted by Crippen LogP contribution is 2.22. The van der Waals surface area contributed by atoms with E-state index in [9.17, 15) is 9.59 Å². The molecule has 5 nitrogen and oxygen atoms in total. The zero-order chi connectivity index (χ0) is 21.6. The van der Waals surface area contributed by atoms with E-state index in [-0.39, 0.29) is 30.1 Å². The number of nitrogens with zero attached hydrogens (tertiary/aromatic N) is 1. The van der Waals surface area contributed by atoms with E-state index in [0.29, 0.717) is 0 Å². The molecule has 2 aromatic rings. The fourth-order valence-electron chi connectivity index (χ4n) is 3.11. The number of rotatable bonds is 6. The maximum absolute atomic E-state index is 12.2. The summed E-state index contributed by atoms with van der Waals surface area (Å²) >= 11 is 0. The third kappa shape index (κ3) is 6.86. The van der Waals surface area contributed by atoms with Gasteiger partial charge in [-0.2, -0.15) is 5.10 Å². The molecule has 0 atom stereocenters. The summed E-state index contributed by atoms with van der Waals surface area (Å²) in [6.45, 7) is 12.4. The zero-order valence-electron chi connectivity index (χ0n) is 18.2. The molecule has 2 N–H and O–H groups in total. The fraction of sp³-hybridized carbons (Fsp3) is 0.375. The van der Waals surface area contributed by atoms with Crippen molar-refractivity contribution in [2.75, 3.05) is 5.32 Å². The smallest absolute Gasteiger partial charge is 0.240 e. The van der Waals surface area contributed by atoms with Gasteiger partial charge in [-0.3, -0.25) is 9.59 Å². The molecule has 0 aliphatic carbocycles. The van der Waals surface area contributed by atoms with Gasteiger partial charge >= 0.3 is 0 Å². The lowest BCUT2D eigenvalue weighted by Gasteiger charge is -2.18. The van der Waals surface area contributed by atoms with Crippen LogP contribution in [-0.2, 0) is 15.0 Å². The van der Waals surface area contributed by atoms with Gasteiger partial charge in [-0.25, -0.2) is 5.43 Å². The number of anilines is 1. The molecule has 2 aromatic carbocycles. The maximum atomic E-state index is 12.2. The molecule has 29 heavy (non-hydrogen) atoms. The average molecular weight is 394 g/mol. The molecule has 0 aliphatic heterocycles. The van der Waals surface area contributed by atoms with Gasteiger partial charge in [0.15, 0.2) is 0 Å². The van der Waals surface area contributed by atoms with Gasteiger partial charge in [0.2, 0.25) is 11.8 Å². The largest absolute Gasteiger partial charge is 0.326 e. The van der Waals surface area contributed by atoms with Crippen molar-refractivity contribution >= 4 is 23.7 Å². The molecule has 2 amide bonds. The number of hydrazone groups is 1. The van der Waals surface area contributed by atoms with Crippen molar-refractivity contribution < 1.29 is 9.59 Å². The molecule has 0 saturated heterocycles. The molecule has 0 unspecified atom stereocenters. The summed E-state index contributed by atoms with van der Waals surface area (Å²) in [5.41, 5.74) is 8.72. The number of carbonyl (C=O) groups excluding carboxylic acids is 2. The Kier molecular flexibility index (Phi) is 7.32. The lowest BCUT2D eigenvalue weighted by atomic mass is 9.87. The van der Waals surface area contributed by atoms with Crippen LogP contribution in [0.1, 0.15) is 61.4 Å². The van der Waals surface area contributed by atoms with Gasteiger partial charge in [-0.15, -0.1) is 0 Å². The van der Waals surface area contributed by atoms with E-state index in [0.717, 1.165) is 27.9 Å². The predicted octanol–water partition coefficient (Wildman–Crippen LogP) is 4.78. The van der Waals surface area contributed by atoms with E-state index >= 15 is 0 Å². The Balaban J connectivity index is 1.81. The highest BCUT2D eigenvalue weighted by molar-refractivity contribution is 5.94. The Morgan fingerprint density at radius 2 is 1.48 bits per heavy atom. The highest BCUT2D eigenvalue weighted by Gasteiger charge is 2.13. The topological polar surface area (TPSA) is 70.6 Å². The quantitative estimate of drug-likeness (QED) is 0.548. The molecular weight excluding hydrogens is 362 g/mol. The number of amides is 2. The van der Waals surface area contributed by atoms with Crippen LogP contribution in [0.2, 0.25) is 0 Å². The Bertz CT molecular complexity index is 884. The third-order valence-electron chi connectivity index (χ3n) is 4.70. The van der Waals surface area contributed by atoms with Crippen molar-refractivity contribution in [1.82, 2.24) is 5.43 Å². The summed E-state index contributed by atoms with van der Waals surface area (Å²) in [4.78, 5) is 24.1. The van der Waals surface area contributed by atoms with Gasteiger partial charge < -0.3 is 5.32 Å². The van der Waals surface area contributed by atoms with Crippen LogP contribution in [0, 0.1) is 20.8 Å². The van der Waals surface area contributed by atoms with E-state index in [2.05, 4.69) is 48.7 Å². The van der Waals surface area contributed by atoms with E-state index < -0.39 is 0 Å². The van der Waals surface area contributed by atoms with Crippen LogP contribution in [0.15, 0.2) is 41.5 Å². The summed E-state index contributed by atoms with van der Waals surface area (Å²) in [6, 6.07) is 12.1. The van der Waals surface area contributed by atoms with Crippen LogP contribution >= 0.6 is 0 Å². The number of carbonyl (C=O) groups is 2. The zero-order valence-corrected chi connectivity index (χ0v) is 18.2. The van der Waals surface area contributed by atoms with Crippen molar-refractivity contribution in [2.24, 2.45) is 5.10 Å². The summed E-state index contributed by atoms with van der Waals surface area (Å²) in [5, 5.41) is 6.88. The SMILES string of the molecule is Cc1cc(C)c(NC(=O)CCC(=O)N/N=C\c2ccc(C(C)(C)C)cc2)c(C)c1. The molecule has 0 saturated carbocycles. The summed E-state index contributed by atoms with van der Waals surface area (Å²) in [6.07, 6.45) is 1.79. The summed E-state index contributed by atoms with van der Waals surface area (Å²) in [5.74, 6) is -0.475. The first-order valence-corrected chi connectivity index (χ1v) is 9.86. The molecule has 0 heterocycles. The molecule has 0 spiro atoms. The second kappa shape index (κ2) is 9.50. The molecule has 5 heteroatoms. The van der Waals surface area contributed by atoms with Crippen LogP contribution in [-0.4, -0.2) is 18.0 Å². The molecule has 0 bridgehead atoms. The van der Waals surface area contributed by atoms with Gasteiger partial charge in [0.1, 0.15) is 0 Å². The van der Waals surface area contributed by atoms with E-state index in [1.54, 1.807) is 6.21 Å². The van der Waals surface area contributed by atoms with Crippen LogP contribution in [0.4, 0.5) is 5.69 Å². The average Bonchev–Trinajstić information content (AvgIpc) is 2.62. The number of nitrogens with one attached hydrogen (secondary N) is 2. The minimum atomic E-state index is -0.292. The van der Waals surface area contributed by atoms with Crippen molar-refractivity contribution in [3.63, 3.8) is 0 Å². The molecule has 2 rings (SSSR count). The maximum Gasteiger partial charge on any atom is 0.240 e. The minimum Gasteiger partial charge on any atom is -0.326 e. The molecule has 154 valence electrons. The van der Waals surface area contributed by atoms with Gasteiger partial charge in [-0.1, -0.05) is 62.7 Å². The Morgan fingerprint density at radius 3 is 2.03 bits per heavy atom. The van der Waals surface area contributed by atoms with Crippen molar-refractivity contribution in [3.05, 3.63) is 64.2 Å². The van der Waals surface area contributed by atoms with Crippen LogP contribution < -0.4 is 10.7 Å². The van der Waals surface area contributed by atoms with Gasteiger partial charge in [0, 0.05) is 18.5 Å². The summed E-state index contributed by atoms with van der Waals surface area (Å²) in [7, 11) is 0. The first kappa shape index (κ1) is 22.3. The predicted molar refractivity (Wildman–Crippen MR) is 119 cm³/mol. The summed E-state index contributed by atoms with van der Waals surface area (Å²) < 4.78 is 0. The number of hydrogen-bond acceptors (Lipinski definition) is 3. The highest BCUT2D eigenvalue weighted by atomic mass is 16.2. The Labute approximate surface area is 173 Å². The fourth-order valence-corrected chi connectivity index (χ4v) is 3.11. The molecule has 0 aliphatic rings. The molecule has 0 fully saturated rings. The minimum absolute atomic E-state index is 0.0795.